The van der Waals surface area contributed by atoms with Crippen molar-refractivity contribution in [3.05, 3.63) is 74.4 Å². The van der Waals surface area contributed by atoms with E-state index in [0.717, 1.165) is 4.57 Å². The van der Waals surface area contributed by atoms with Crippen LogP contribution in [0.5, 0.6) is 5.75 Å². The summed E-state index contributed by atoms with van der Waals surface area (Å²) in [4.78, 5) is 51.6. The highest BCUT2D eigenvalue weighted by Crippen LogP contribution is 2.32. The van der Waals surface area contributed by atoms with Crippen LogP contribution in [0.4, 0.5) is 4.39 Å². The molecule has 0 saturated carbocycles. The van der Waals surface area contributed by atoms with Gasteiger partial charge in [0, 0.05) is 38.1 Å². The maximum absolute atomic E-state index is 13.9. The highest BCUT2D eigenvalue weighted by Gasteiger charge is 2.34. The van der Waals surface area contributed by atoms with Gasteiger partial charge in [-0.05, 0) is 49.6 Å². The Hall–Kier alpha value is -4.30. The van der Waals surface area contributed by atoms with Crippen molar-refractivity contribution >= 4 is 33.4 Å². The number of aromatic nitrogens is 4. The van der Waals surface area contributed by atoms with E-state index in [1.165, 1.54) is 40.0 Å². The highest BCUT2D eigenvalue weighted by atomic mass is 32.1. The minimum Gasteiger partial charge on any atom is -0.496 e. The summed E-state index contributed by atoms with van der Waals surface area (Å²) < 4.78 is 23.6. The first-order chi connectivity index (χ1) is 19.6. The number of carbonyl (C=O) groups is 2. The first kappa shape index (κ1) is 29.7. The number of rotatable bonds is 8. The van der Waals surface area contributed by atoms with Crippen molar-refractivity contribution in [1.29, 1.82) is 0 Å². The van der Waals surface area contributed by atoms with Crippen molar-refractivity contribution in [3.8, 4) is 10.8 Å². The predicted octanol–water partition coefficient (Wildman–Crippen LogP) is 1.97. The molecule has 1 amide bonds. The smallest absolute Gasteiger partial charge is 0.332 e. The van der Waals surface area contributed by atoms with Gasteiger partial charge in [0.25, 0.3) is 5.56 Å². The maximum Gasteiger partial charge on any atom is 0.332 e. The van der Waals surface area contributed by atoms with Crippen molar-refractivity contribution in [1.82, 2.24) is 23.8 Å². The van der Waals surface area contributed by atoms with E-state index >= 15 is 0 Å². The van der Waals surface area contributed by atoms with E-state index < -0.39 is 29.1 Å². The van der Waals surface area contributed by atoms with Gasteiger partial charge in [-0.25, -0.2) is 18.4 Å². The zero-order valence-electron chi connectivity index (χ0n) is 22.7. The molecule has 3 aromatic heterocycles. The zero-order chi connectivity index (χ0) is 29.8. The van der Waals surface area contributed by atoms with Gasteiger partial charge in [0.05, 0.1) is 25.5 Å². The molecule has 0 aliphatic carbocycles. The normalized spacial score (nSPS) is 14.8. The van der Waals surface area contributed by atoms with Crippen molar-refractivity contribution in [3.63, 3.8) is 0 Å². The van der Waals surface area contributed by atoms with Crippen molar-refractivity contribution < 1.29 is 28.9 Å². The molecule has 1 aliphatic heterocycles. The lowest BCUT2D eigenvalue weighted by atomic mass is 10.1. The van der Waals surface area contributed by atoms with Crippen LogP contribution in [-0.4, -0.2) is 73.2 Å². The Balaban J connectivity index is 0.000000585. The van der Waals surface area contributed by atoms with E-state index in [1.807, 2.05) is 6.92 Å². The average Bonchev–Trinajstić information content (AvgIpc) is 3.65. The number of benzene rings is 1. The number of ether oxygens (including phenoxy) is 1. The van der Waals surface area contributed by atoms with Crippen LogP contribution in [0.25, 0.3) is 15.2 Å². The van der Waals surface area contributed by atoms with Gasteiger partial charge in [-0.1, -0.05) is 11.3 Å². The Kier molecular flexibility index (Phi) is 9.03. The molecule has 0 radical (unpaired) electrons. The van der Waals surface area contributed by atoms with Gasteiger partial charge in [-0.2, -0.15) is 5.10 Å². The number of aliphatic hydroxyl groups is 1. The molecule has 1 saturated heterocycles. The molecule has 218 valence electrons. The van der Waals surface area contributed by atoms with E-state index in [0.29, 0.717) is 51.5 Å². The summed E-state index contributed by atoms with van der Waals surface area (Å²) in [5, 5.41) is 21.0. The van der Waals surface area contributed by atoms with Crippen molar-refractivity contribution in [2.45, 2.75) is 38.8 Å². The molecule has 1 fully saturated rings. The number of likely N-dealkylation sites (tertiary alicyclic amines) is 1. The fourth-order valence-electron chi connectivity index (χ4n) is 4.75. The lowest BCUT2D eigenvalue weighted by Crippen LogP contribution is -2.44. The van der Waals surface area contributed by atoms with Crippen molar-refractivity contribution in [2.24, 2.45) is 0 Å². The van der Waals surface area contributed by atoms with Crippen LogP contribution < -0.4 is 16.0 Å². The third-order valence-corrected chi connectivity index (χ3v) is 8.12. The monoisotopic (exact) mass is 587 g/mol. The summed E-state index contributed by atoms with van der Waals surface area (Å²) >= 11 is 1.29. The van der Waals surface area contributed by atoms with Gasteiger partial charge in [0.2, 0.25) is 5.91 Å². The quantitative estimate of drug-likeness (QED) is 0.318. The number of nitrogens with zero attached hydrogens (tertiary/aromatic N) is 5. The minimum absolute atomic E-state index is 0.153. The number of hydrogen-bond donors (Lipinski definition) is 2. The Bertz CT molecular complexity index is 1690. The highest BCUT2D eigenvalue weighted by molar-refractivity contribution is 7.21. The molecule has 41 heavy (non-hydrogen) atoms. The predicted molar refractivity (Wildman–Crippen MR) is 149 cm³/mol. The lowest BCUT2D eigenvalue weighted by molar-refractivity contribution is -0.137. The number of amides is 1. The van der Waals surface area contributed by atoms with E-state index in [4.69, 9.17) is 14.9 Å². The summed E-state index contributed by atoms with van der Waals surface area (Å²) in [6, 6.07) is 5.16. The number of aliphatic carboxylic acids is 1. The Morgan fingerprint density at radius 1 is 1.27 bits per heavy atom. The summed E-state index contributed by atoms with van der Waals surface area (Å²) in [6.07, 6.45) is 3.92. The second kappa shape index (κ2) is 12.5. The molecule has 2 N–H and O–H groups in total. The molecule has 1 atom stereocenters. The summed E-state index contributed by atoms with van der Waals surface area (Å²) in [5.74, 6) is -1.12. The zero-order valence-corrected chi connectivity index (χ0v) is 23.6. The first-order valence-electron chi connectivity index (χ1n) is 12.8. The Labute approximate surface area is 237 Å². The number of likely N-dealkylation sites (N-methyl/N-ethyl adjacent to an activating group) is 1. The van der Waals surface area contributed by atoms with E-state index in [1.54, 1.807) is 36.3 Å². The second-order valence-electron chi connectivity index (χ2n) is 9.41. The topological polar surface area (TPSA) is 149 Å². The Morgan fingerprint density at radius 2 is 2.02 bits per heavy atom. The number of methoxy groups -OCH3 is 1. The summed E-state index contributed by atoms with van der Waals surface area (Å²) in [5.41, 5.74) is 0.246. The van der Waals surface area contributed by atoms with Gasteiger partial charge in [-0.15, -0.1) is 0 Å². The second-order valence-corrected chi connectivity index (χ2v) is 10.4. The van der Waals surface area contributed by atoms with Crippen LogP contribution in [0.2, 0.25) is 0 Å². The van der Waals surface area contributed by atoms with Crippen LogP contribution in [0, 0.1) is 12.7 Å². The molecule has 5 rings (SSSR count). The fourth-order valence-corrected chi connectivity index (χ4v) is 6.01. The molecule has 1 aromatic carbocycles. The number of carboxylic acids is 1. The number of aliphatic hydroxyl groups excluding tert-OH is 1. The molecule has 0 bridgehead atoms. The van der Waals surface area contributed by atoms with Gasteiger partial charge < -0.3 is 19.8 Å². The van der Waals surface area contributed by atoms with Crippen molar-refractivity contribution in [2.75, 3.05) is 27.3 Å². The van der Waals surface area contributed by atoms with Gasteiger partial charge in [-0.3, -0.25) is 19.0 Å². The molecular formula is C27H30FN5O7S. The molecule has 14 heteroatoms. The van der Waals surface area contributed by atoms with E-state index in [-0.39, 0.29) is 25.5 Å². The standard InChI is InChI=1S/C24H24FN5O4S.C3H6O3/c1-14-19-21(32)30(17-8-11-27(2)20(17)31)24(33)28(23(19)35-22(14)29-10-4-9-26-29)12-7-15-13-16(25)5-6-18(15)34-3;4-2-1-3(5)6/h4-6,9-10,13,17H,7-8,11-12H2,1-3H3;4H,1-2H2,(H,5,6)/t17-;/m0./s1. The number of thiophene rings is 1. The lowest BCUT2D eigenvalue weighted by Gasteiger charge is -2.17. The number of halogens is 1. The molecule has 0 spiro atoms. The van der Waals surface area contributed by atoms with Gasteiger partial charge in [0.15, 0.2) is 0 Å². The number of fused-ring (bicyclic) bond motifs is 1. The van der Waals surface area contributed by atoms with Crippen LogP contribution in [0.3, 0.4) is 0 Å². The van der Waals surface area contributed by atoms with E-state index in [9.17, 15) is 23.6 Å². The number of carbonyl (C=O) groups excluding carboxylic acids is 1. The maximum atomic E-state index is 13.9. The number of carboxylic acid groups (broad SMARTS) is 1. The van der Waals surface area contributed by atoms with Gasteiger partial charge in [0.1, 0.15) is 27.4 Å². The minimum atomic E-state index is -0.961. The molecular weight excluding hydrogens is 557 g/mol. The van der Waals surface area contributed by atoms with Crippen LogP contribution in [-0.2, 0) is 22.6 Å². The first-order valence-corrected chi connectivity index (χ1v) is 13.6. The number of hydrogen-bond acceptors (Lipinski definition) is 8. The van der Waals surface area contributed by atoms with Gasteiger partial charge >= 0.3 is 11.7 Å². The largest absolute Gasteiger partial charge is 0.496 e. The molecule has 0 unspecified atom stereocenters. The Morgan fingerprint density at radius 3 is 2.59 bits per heavy atom. The van der Waals surface area contributed by atoms with E-state index in [2.05, 4.69) is 5.10 Å². The molecule has 4 heterocycles. The summed E-state index contributed by atoms with van der Waals surface area (Å²) in [7, 11) is 3.16. The van der Waals surface area contributed by atoms with Crippen LogP contribution >= 0.6 is 11.3 Å². The SMILES string of the molecule is COc1ccc(F)cc1CCn1c(=O)n([C@H]2CCN(C)C2=O)c(=O)c2c(C)c(-n3cccn3)sc21.O=C(O)CCO. The van der Waals surface area contributed by atoms with Crippen LogP contribution in [0.15, 0.2) is 46.2 Å². The molecule has 12 nitrogen and oxygen atoms in total. The molecule has 4 aromatic rings. The molecule has 1 aliphatic rings. The number of aryl methyl sites for hydroxylation is 3. The summed E-state index contributed by atoms with van der Waals surface area (Å²) in [6.45, 7) is 2.18. The van der Waals surface area contributed by atoms with Crippen LogP contribution in [0.1, 0.15) is 30.0 Å². The average molecular weight is 588 g/mol. The fraction of sp³-hybridized carbons (Fsp3) is 0.370. The third kappa shape index (κ3) is 5.93. The third-order valence-electron chi connectivity index (χ3n) is 6.81.